The molecule has 3 heteroatoms. The van der Waals surface area contributed by atoms with E-state index in [1.165, 1.54) is 0 Å². The zero-order valence-electron chi connectivity index (χ0n) is 11.1. The van der Waals surface area contributed by atoms with E-state index in [1.54, 1.807) is 0 Å². The Balaban J connectivity index is 2.04. The Labute approximate surface area is 103 Å². The summed E-state index contributed by atoms with van der Waals surface area (Å²) in [5.74, 6) is 0.411. The Morgan fingerprint density at radius 1 is 1.59 bits per heavy atom. The Morgan fingerprint density at radius 3 is 2.94 bits per heavy atom. The molecule has 2 atom stereocenters. The number of Topliss-reactive ketones (excluding diaryl/α,β-unsaturated/α-hetero) is 1. The fourth-order valence-corrected chi connectivity index (χ4v) is 2.59. The van der Waals surface area contributed by atoms with Gasteiger partial charge in [-0.3, -0.25) is 9.48 Å². The van der Waals surface area contributed by atoms with Crippen molar-refractivity contribution in [3.63, 3.8) is 0 Å². The molecule has 1 aromatic heterocycles. The number of hydrogen-bond acceptors (Lipinski definition) is 2. The first kappa shape index (κ1) is 12.3. The van der Waals surface area contributed by atoms with Crippen molar-refractivity contribution in [2.24, 2.45) is 5.41 Å². The smallest absolute Gasteiger partial charge is 0.133 e. The van der Waals surface area contributed by atoms with Gasteiger partial charge in [0.15, 0.2) is 0 Å². The highest BCUT2D eigenvalue weighted by Crippen LogP contribution is 2.38. The molecule has 17 heavy (non-hydrogen) atoms. The van der Waals surface area contributed by atoms with Crippen LogP contribution in [0.1, 0.15) is 58.2 Å². The van der Waals surface area contributed by atoms with Crippen LogP contribution in [0.2, 0.25) is 0 Å². The summed E-state index contributed by atoms with van der Waals surface area (Å²) in [4.78, 5) is 11.4. The predicted octanol–water partition coefficient (Wildman–Crippen LogP) is 3.16. The van der Waals surface area contributed by atoms with E-state index in [-0.39, 0.29) is 5.41 Å². The zero-order chi connectivity index (χ0) is 12.5. The molecule has 1 saturated carbocycles. The van der Waals surface area contributed by atoms with Crippen LogP contribution < -0.4 is 0 Å². The third kappa shape index (κ3) is 2.76. The molecular formula is C14H22N2O. The average Bonchev–Trinajstić information content (AvgIpc) is 2.85. The van der Waals surface area contributed by atoms with Crippen molar-refractivity contribution < 1.29 is 4.79 Å². The molecule has 0 bridgehead atoms. The summed E-state index contributed by atoms with van der Waals surface area (Å²) in [5.41, 5.74) is 1.27. The van der Waals surface area contributed by atoms with Gasteiger partial charge in [0.1, 0.15) is 5.78 Å². The van der Waals surface area contributed by atoms with E-state index in [9.17, 15) is 4.79 Å². The standard InChI is InChI=1S/C14H22N2O/c1-4-11(2)16-8-6-12(15-16)9-14(3)7-5-13(17)10-14/h6,8,11H,4-5,7,9-10H2,1-3H3. The Kier molecular flexibility index (Phi) is 3.36. The van der Waals surface area contributed by atoms with Crippen LogP contribution in [0.25, 0.3) is 0 Å². The topological polar surface area (TPSA) is 34.9 Å². The number of ketones is 1. The Hall–Kier alpha value is -1.12. The number of aromatic nitrogens is 2. The summed E-state index contributed by atoms with van der Waals surface area (Å²) in [5, 5.41) is 4.62. The minimum Gasteiger partial charge on any atom is -0.300 e. The van der Waals surface area contributed by atoms with Gasteiger partial charge in [0.05, 0.1) is 5.69 Å². The van der Waals surface area contributed by atoms with E-state index in [1.807, 2.05) is 4.68 Å². The molecule has 0 aromatic carbocycles. The molecule has 0 spiro atoms. The molecule has 0 N–H and O–H groups in total. The number of nitrogens with zero attached hydrogens (tertiary/aromatic N) is 2. The summed E-state index contributed by atoms with van der Waals surface area (Å²) in [7, 11) is 0. The normalized spacial score (nSPS) is 26.4. The maximum Gasteiger partial charge on any atom is 0.133 e. The van der Waals surface area contributed by atoms with Crippen LogP contribution in [0.5, 0.6) is 0 Å². The lowest BCUT2D eigenvalue weighted by Gasteiger charge is -2.20. The lowest BCUT2D eigenvalue weighted by atomic mass is 9.84. The first-order valence-corrected chi connectivity index (χ1v) is 6.58. The average molecular weight is 234 g/mol. The van der Waals surface area contributed by atoms with E-state index in [2.05, 4.69) is 38.1 Å². The maximum atomic E-state index is 11.4. The SMILES string of the molecule is CCC(C)n1ccc(CC2(C)CCC(=O)C2)n1. The molecule has 1 aliphatic carbocycles. The fourth-order valence-electron chi connectivity index (χ4n) is 2.59. The van der Waals surface area contributed by atoms with E-state index in [0.717, 1.165) is 37.8 Å². The lowest BCUT2D eigenvalue weighted by Crippen LogP contribution is -2.16. The molecule has 94 valence electrons. The second kappa shape index (κ2) is 4.63. The summed E-state index contributed by atoms with van der Waals surface area (Å²) < 4.78 is 2.04. The summed E-state index contributed by atoms with van der Waals surface area (Å²) >= 11 is 0. The van der Waals surface area contributed by atoms with Gasteiger partial charge in [0.2, 0.25) is 0 Å². The minimum absolute atomic E-state index is 0.145. The minimum atomic E-state index is 0.145. The van der Waals surface area contributed by atoms with Gasteiger partial charge in [0.25, 0.3) is 0 Å². The summed E-state index contributed by atoms with van der Waals surface area (Å²) in [6.07, 6.45) is 6.58. The van der Waals surface area contributed by atoms with Crippen LogP contribution in [0, 0.1) is 5.41 Å². The molecule has 0 amide bonds. The molecule has 2 rings (SSSR count). The third-order valence-corrected chi connectivity index (χ3v) is 3.95. The van der Waals surface area contributed by atoms with Crippen LogP contribution in [-0.4, -0.2) is 15.6 Å². The highest BCUT2D eigenvalue weighted by atomic mass is 16.1. The Morgan fingerprint density at radius 2 is 2.35 bits per heavy atom. The first-order valence-electron chi connectivity index (χ1n) is 6.58. The predicted molar refractivity (Wildman–Crippen MR) is 67.9 cm³/mol. The number of hydrogen-bond donors (Lipinski definition) is 0. The third-order valence-electron chi connectivity index (χ3n) is 3.95. The van der Waals surface area contributed by atoms with E-state index in [0.29, 0.717) is 11.8 Å². The van der Waals surface area contributed by atoms with Crippen molar-refractivity contribution >= 4 is 5.78 Å². The van der Waals surface area contributed by atoms with Gasteiger partial charge < -0.3 is 0 Å². The molecule has 1 aliphatic rings. The molecule has 2 unspecified atom stereocenters. The van der Waals surface area contributed by atoms with Crippen LogP contribution in [-0.2, 0) is 11.2 Å². The van der Waals surface area contributed by atoms with Gasteiger partial charge in [-0.05, 0) is 37.7 Å². The monoisotopic (exact) mass is 234 g/mol. The number of carbonyl (C=O) groups excluding carboxylic acids is 1. The van der Waals surface area contributed by atoms with Crippen molar-refractivity contribution in [2.45, 2.75) is 58.9 Å². The molecule has 3 nitrogen and oxygen atoms in total. The lowest BCUT2D eigenvalue weighted by molar-refractivity contribution is -0.117. The van der Waals surface area contributed by atoms with Crippen LogP contribution in [0.15, 0.2) is 12.3 Å². The van der Waals surface area contributed by atoms with Crippen molar-refractivity contribution in [3.8, 4) is 0 Å². The molecule has 0 radical (unpaired) electrons. The second-order valence-corrected chi connectivity index (χ2v) is 5.75. The zero-order valence-corrected chi connectivity index (χ0v) is 11.1. The van der Waals surface area contributed by atoms with Crippen molar-refractivity contribution in [3.05, 3.63) is 18.0 Å². The van der Waals surface area contributed by atoms with Crippen molar-refractivity contribution in [1.82, 2.24) is 9.78 Å². The number of rotatable bonds is 4. The van der Waals surface area contributed by atoms with Gasteiger partial charge in [-0.2, -0.15) is 5.10 Å². The molecular weight excluding hydrogens is 212 g/mol. The molecule has 1 fully saturated rings. The van der Waals surface area contributed by atoms with E-state index in [4.69, 9.17) is 0 Å². The van der Waals surface area contributed by atoms with Gasteiger partial charge in [-0.15, -0.1) is 0 Å². The summed E-state index contributed by atoms with van der Waals surface area (Å²) in [6, 6.07) is 2.56. The molecule has 0 saturated heterocycles. The quantitative estimate of drug-likeness (QED) is 0.802. The second-order valence-electron chi connectivity index (χ2n) is 5.75. The van der Waals surface area contributed by atoms with Gasteiger partial charge in [-0.1, -0.05) is 13.8 Å². The highest BCUT2D eigenvalue weighted by Gasteiger charge is 2.34. The summed E-state index contributed by atoms with van der Waals surface area (Å²) in [6.45, 7) is 6.56. The fraction of sp³-hybridized carbons (Fsp3) is 0.714. The van der Waals surface area contributed by atoms with E-state index < -0.39 is 0 Å². The van der Waals surface area contributed by atoms with Gasteiger partial charge in [0, 0.05) is 25.1 Å². The van der Waals surface area contributed by atoms with Crippen molar-refractivity contribution in [1.29, 1.82) is 0 Å². The van der Waals surface area contributed by atoms with Gasteiger partial charge in [-0.25, -0.2) is 0 Å². The van der Waals surface area contributed by atoms with Gasteiger partial charge >= 0.3 is 0 Å². The number of carbonyl (C=O) groups is 1. The van der Waals surface area contributed by atoms with Crippen LogP contribution >= 0.6 is 0 Å². The van der Waals surface area contributed by atoms with Crippen LogP contribution in [0.3, 0.4) is 0 Å². The largest absolute Gasteiger partial charge is 0.300 e. The molecule has 0 aliphatic heterocycles. The van der Waals surface area contributed by atoms with E-state index >= 15 is 0 Å². The van der Waals surface area contributed by atoms with Crippen molar-refractivity contribution in [2.75, 3.05) is 0 Å². The Bertz CT molecular complexity index is 410. The molecule has 1 heterocycles. The first-order chi connectivity index (χ1) is 8.02. The molecule has 1 aromatic rings. The maximum absolute atomic E-state index is 11.4. The van der Waals surface area contributed by atoms with Crippen LogP contribution in [0.4, 0.5) is 0 Å². The highest BCUT2D eigenvalue weighted by molar-refractivity contribution is 5.81.